The summed E-state index contributed by atoms with van der Waals surface area (Å²) in [6.45, 7) is 0. The molecule has 13 nitrogen and oxygen atoms in total. The van der Waals surface area contributed by atoms with Crippen molar-refractivity contribution in [1.82, 2.24) is 0 Å². The van der Waals surface area contributed by atoms with Gasteiger partial charge in [0.25, 0.3) is 20.2 Å². The lowest BCUT2D eigenvalue weighted by Gasteiger charge is -2.18. The third-order valence-corrected chi connectivity index (χ3v) is 3.58. The molecule has 0 amide bonds. The van der Waals surface area contributed by atoms with Crippen molar-refractivity contribution < 1.29 is 60.8 Å². The molecule has 0 fully saturated rings. The van der Waals surface area contributed by atoms with E-state index in [0.29, 0.717) is 0 Å². The monoisotopic (exact) mass is 382 g/mol. The summed E-state index contributed by atoms with van der Waals surface area (Å²) >= 11 is 0. The predicted octanol–water partition coefficient (Wildman–Crippen LogP) is -2.49. The molecule has 0 radical (unpaired) electrons. The highest BCUT2D eigenvalue weighted by Crippen LogP contribution is 2.15. The second kappa shape index (κ2) is 8.73. The molecular weight excluding hydrogens is 368 g/mol. The maximum atomic E-state index is 10.3. The van der Waals surface area contributed by atoms with Crippen LogP contribution in [0.4, 0.5) is 0 Å². The lowest BCUT2D eigenvalue weighted by molar-refractivity contribution is -0.170. The largest absolute Gasteiger partial charge is 0.481 e. The molecule has 0 atom stereocenters. The molecule has 0 saturated carbocycles. The van der Waals surface area contributed by atoms with Crippen molar-refractivity contribution in [1.29, 1.82) is 0 Å². The molecule has 0 aromatic carbocycles. The van der Waals surface area contributed by atoms with Crippen LogP contribution in [0.25, 0.3) is 0 Å². The van der Waals surface area contributed by atoms with E-state index in [1.165, 1.54) is 0 Å². The van der Waals surface area contributed by atoms with Gasteiger partial charge in [-0.05, 0) is 0 Å². The van der Waals surface area contributed by atoms with Crippen molar-refractivity contribution in [2.24, 2.45) is 0 Å². The van der Waals surface area contributed by atoms with Crippen LogP contribution in [-0.2, 0) is 34.6 Å². The Kier molecular flexibility index (Phi) is 8.90. The van der Waals surface area contributed by atoms with Crippen molar-refractivity contribution in [3.05, 3.63) is 0 Å². The first-order valence-electron chi connectivity index (χ1n) is 5.28. The summed E-state index contributed by atoms with van der Waals surface area (Å²) in [6, 6.07) is 0. The van der Waals surface area contributed by atoms with Crippen LogP contribution >= 0.6 is 0 Å². The molecule has 0 bridgehead atoms. The van der Waals surface area contributed by atoms with Gasteiger partial charge in [0.05, 0.1) is 24.3 Å². The van der Waals surface area contributed by atoms with Gasteiger partial charge in [-0.2, -0.15) is 16.8 Å². The minimum absolute atomic E-state index is 0.980. The maximum absolute atomic E-state index is 10.3. The second-order valence-corrected chi connectivity index (χ2v) is 7.19. The van der Waals surface area contributed by atoms with Crippen molar-refractivity contribution >= 4 is 38.1 Å². The van der Waals surface area contributed by atoms with E-state index in [4.69, 9.17) is 29.5 Å². The average molecular weight is 382 g/mol. The second-order valence-electron chi connectivity index (χ2n) is 4.05. The standard InChI is InChI=1S/C6H8O7.C2H6O6S2/c7-3(8)1-6(13,5(11)12)2-4(9)10;3-9(4,5)1-2-10(6,7)8/h13H,1-2H2,(H,7,8)(H,9,10)(H,11,12);1-2H2,(H,3,4,5)(H,6,7,8). The molecule has 0 aliphatic carbocycles. The summed E-state index contributed by atoms with van der Waals surface area (Å²) in [4.78, 5) is 30.5. The van der Waals surface area contributed by atoms with E-state index in [-0.39, 0.29) is 0 Å². The highest BCUT2D eigenvalue weighted by Gasteiger charge is 2.40. The molecule has 23 heavy (non-hydrogen) atoms. The molecule has 0 saturated heterocycles. The van der Waals surface area contributed by atoms with E-state index < -0.39 is 68.1 Å². The molecule has 0 rings (SSSR count). The molecular formula is C8H14O13S2. The Morgan fingerprint density at radius 2 is 1.00 bits per heavy atom. The zero-order valence-corrected chi connectivity index (χ0v) is 12.8. The number of carboxylic acid groups (broad SMARTS) is 3. The molecule has 0 aliphatic rings. The summed E-state index contributed by atoms with van der Waals surface area (Å²) in [5, 5.41) is 33.8. The van der Waals surface area contributed by atoms with Crippen LogP contribution < -0.4 is 0 Å². The molecule has 0 aromatic heterocycles. The fourth-order valence-corrected chi connectivity index (χ4v) is 2.61. The summed E-state index contributed by atoms with van der Waals surface area (Å²) in [7, 11) is -8.59. The fourth-order valence-electron chi connectivity index (χ4n) is 0.925. The minimum atomic E-state index is -4.30. The predicted molar refractivity (Wildman–Crippen MR) is 69.9 cm³/mol. The lowest BCUT2D eigenvalue weighted by atomic mass is 9.96. The third-order valence-electron chi connectivity index (χ3n) is 1.88. The number of hydrogen-bond acceptors (Lipinski definition) is 8. The molecule has 0 spiro atoms. The third kappa shape index (κ3) is 14.9. The van der Waals surface area contributed by atoms with Gasteiger partial charge in [0.2, 0.25) is 0 Å². The Hall–Kier alpha value is -1.81. The minimum Gasteiger partial charge on any atom is -0.481 e. The number of aliphatic carboxylic acids is 3. The van der Waals surface area contributed by atoms with Crippen molar-refractivity contribution in [3.63, 3.8) is 0 Å². The number of rotatable bonds is 8. The van der Waals surface area contributed by atoms with Crippen LogP contribution in [0.15, 0.2) is 0 Å². The first-order chi connectivity index (χ1) is 9.98. The smallest absolute Gasteiger partial charge is 0.336 e. The summed E-state index contributed by atoms with van der Waals surface area (Å²) in [6.07, 6.45) is -2.29. The number of hydrogen-bond donors (Lipinski definition) is 6. The van der Waals surface area contributed by atoms with Gasteiger partial charge in [0.15, 0.2) is 5.60 Å². The Labute approximate surface area is 129 Å². The van der Waals surface area contributed by atoms with Crippen LogP contribution in [0.5, 0.6) is 0 Å². The summed E-state index contributed by atoms with van der Waals surface area (Å²) in [5.41, 5.74) is -2.74. The van der Waals surface area contributed by atoms with E-state index in [0.717, 1.165) is 0 Å². The van der Waals surface area contributed by atoms with E-state index in [9.17, 15) is 31.2 Å². The van der Waals surface area contributed by atoms with Crippen LogP contribution in [0, 0.1) is 0 Å². The Balaban J connectivity index is 0. The molecule has 6 N–H and O–H groups in total. The highest BCUT2D eigenvalue weighted by molar-refractivity contribution is 7.89. The Morgan fingerprint density at radius 3 is 1.13 bits per heavy atom. The van der Waals surface area contributed by atoms with Crippen LogP contribution in [0.2, 0.25) is 0 Å². The lowest BCUT2D eigenvalue weighted by Crippen LogP contribution is -2.42. The average Bonchev–Trinajstić information content (AvgIpc) is 2.22. The van der Waals surface area contributed by atoms with Crippen molar-refractivity contribution in [2.45, 2.75) is 18.4 Å². The molecule has 0 aromatic rings. The zero-order valence-electron chi connectivity index (χ0n) is 11.2. The van der Waals surface area contributed by atoms with E-state index in [1.54, 1.807) is 0 Å². The summed E-state index contributed by atoms with van der Waals surface area (Å²) < 4.78 is 55.4. The quantitative estimate of drug-likeness (QED) is 0.238. The van der Waals surface area contributed by atoms with Crippen LogP contribution in [0.3, 0.4) is 0 Å². The van der Waals surface area contributed by atoms with Gasteiger partial charge in [-0.1, -0.05) is 0 Å². The van der Waals surface area contributed by atoms with Crippen molar-refractivity contribution in [3.8, 4) is 0 Å². The number of carbonyl (C=O) groups is 3. The molecule has 136 valence electrons. The van der Waals surface area contributed by atoms with Crippen molar-refractivity contribution in [2.75, 3.05) is 11.5 Å². The van der Waals surface area contributed by atoms with E-state index in [1.807, 2.05) is 0 Å². The van der Waals surface area contributed by atoms with Crippen LogP contribution in [-0.4, -0.2) is 81.4 Å². The zero-order chi connectivity index (χ0) is 19.1. The molecule has 0 heterocycles. The van der Waals surface area contributed by atoms with Gasteiger partial charge in [-0.25, -0.2) is 4.79 Å². The SMILES string of the molecule is O=C(O)CC(O)(CC(=O)O)C(=O)O.O=S(=O)(O)CCS(=O)(=O)O. The highest BCUT2D eigenvalue weighted by atomic mass is 32.2. The Bertz CT molecular complexity index is 595. The van der Waals surface area contributed by atoms with Gasteiger partial charge >= 0.3 is 17.9 Å². The molecule has 0 aliphatic heterocycles. The van der Waals surface area contributed by atoms with E-state index in [2.05, 4.69) is 0 Å². The van der Waals surface area contributed by atoms with E-state index >= 15 is 0 Å². The Morgan fingerprint density at radius 1 is 0.739 bits per heavy atom. The van der Waals surface area contributed by atoms with Gasteiger partial charge in [0.1, 0.15) is 0 Å². The fraction of sp³-hybridized carbons (Fsp3) is 0.625. The van der Waals surface area contributed by atoms with Gasteiger partial charge in [-0.15, -0.1) is 0 Å². The first kappa shape index (κ1) is 23.5. The molecule has 15 heteroatoms. The molecule has 0 unspecified atom stereocenters. The normalized spacial score (nSPS) is 12.0. The van der Waals surface area contributed by atoms with Crippen LogP contribution in [0.1, 0.15) is 12.8 Å². The topological polar surface area (TPSA) is 241 Å². The maximum Gasteiger partial charge on any atom is 0.336 e. The first-order valence-corrected chi connectivity index (χ1v) is 8.50. The summed E-state index contributed by atoms with van der Waals surface area (Å²) in [5.74, 6) is -6.98. The van der Waals surface area contributed by atoms with Gasteiger partial charge in [-0.3, -0.25) is 18.7 Å². The number of aliphatic hydroxyl groups is 1. The number of carboxylic acids is 3. The van der Waals surface area contributed by atoms with Gasteiger partial charge in [0, 0.05) is 0 Å². The van der Waals surface area contributed by atoms with Gasteiger partial charge < -0.3 is 20.4 Å².